The normalized spacial score (nSPS) is 17.0. The van der Waals surface area contributed by atoms with Crippen LogP contribution in [-0.2, 0) is 0 Å². The maximum absolute atomic E-state index is 11.6. The monoisotopic (exact) mass is 199 g/mol. The first-order valence-electron chi connectivity index (χ1n) is 5.45. The minimum Gasteiger partial charge on any atom is -0.335 e. The van der Waals surface area contributed by atoms with Gasteiger partial charge < -0.3 is 16.0 Å². The number of nitrogens with two attached hydrogens (primary N) is 1. The third-order valence-corrected chi connectivity index (χ3v) is 2.73. The van der Waals surface area contributed by atoms with Gasteiger partial charge in [-0.25, -0.2) is 4.79 Å². The van der Waals surface area contributed by atoms with E-state index < -0.39 is 0 Å². The van der Waals surface area contributed by atoms with E-state index in [1.165, 1.54) is 12.8 Å². The van der Waals surface area contributed by atoms with Gasteiger partial charge in [0.05, 0.1) is 0 Å². The number of nitrogens with zero attached hydrogens (tertiary/aromatic N) is 1. The van der Waals surface area contributed by atoms with Crippen LogP contribution in [0.15, 0.2) is 0 Å². The number of urea groups is 1. The number of nitrogens with one attached hydrogen (secondary N) is 1. The molecule has 0 heterocycles. The van der Waals surface area contributed by atoms with E-state index >= 15 is 0 Å². The van der Waals surface area contributed by atoms with Gasteiger partial charge in [0.25, 0.3) is 0 Å². The minimum atomic E-state index is 0.0466. The van der Waals surface area contributed by atoms with E-state index in [9.17, 15) is 4.79 Å². The summed E-state index contributed by atoms with van der Waals surface area (Å²) in [5.74, 6) is 0. The predicted octanol–water partition coefficient (Wildman–Crippen LogP) is 0.919. The lowest BCUT2D eigenvalue weighted by molar-refractivity contribution is 0.204. The molecule has 1 rings (SSSR count). The molecule has 0 radical (unpaired) electrons. The first-order valence-corrected chi connectivity index (χ1v) is 5.45. The van der Waals surface area contributed by atoms with E-state index in [0.717, 1.165) is 25.8 Å². The highest BCUT2D eigenvalue weighted by Crippen LogP contribution is 2.17. The number of carbonyl (C=O) groups is 1. The largest absolute Gasteiger partial charge is 0.335 e. The van der Waals surface area contributed by atoms with Crippen molar-refractivity contribution in [2.75, 3.05) is 20.1 Å². The number of amides is 2. The second-order valence-electron chi connectivity index (χ2n) is 3.99. The van der Waals surface area contributed by atoms with Crippen LogP contribution in [0.5, 0.6) is 0 Å². The van der Waals surface area contributed by atoms with Crippen LogP contribution >= 0.6 is 0 Å². The van der Waals surface area contributed by atoms with Gasteiger partial charge in [-0.3, -0.25) is 0 Å². The van der Waals surface area contributed by atoms with Crippen molar-refractivity contribution in [2.45, 2.75) is 38.1 Å². The van der Waals surface area contributed by atoms with Crippen molar-refractivity contribution in [2.24, 2.45) is 5.73 Å². The molecule has 3 N–H and O–H groups in total. The van der Waals surface area contributed by atoms with E-state index in [-0.39, 0.29) is 6.03 Å². The Hall–Kier alpha value is -0.770. The van der Waals surface area contributed by atoms with Gasteiger partial charge in [-0.15, -0.1) is 0 Å². The molecule has 4 heteroatoms. The molecule has 4 nitrogen and oxygen atoms in total. The number of hydrogen-bond acceptors (Lipinski definition) is 2. The summed E-state index contributed by atoms with van der Waals surface area (Å²) in [5, 5.41) is 3.03. The molecule has 1 saturated carbocycles. The van der Waals surface area contributed by atoms with Crippen LogP contribution in [0.2, 0.25) is 0 Å². The van der Waals surface area contributed by atoms with Crippen molar-refractivity contribution in [3.63, 3.8) is 0 Å². The molecule has 82 valence electrons. The summed E-state index contributed by atoms with van der Waals surface area (Å²) in [6.07, 6.45) is 5.64. The zero-order valence-electron chi connectivity index (χ0n) is 8.96. The van der Waals surface area contributed by atoms with Crippen molar-refractivity contribution in [1.29, 1.82) is 0 Å². The minimum absolute atomic E-state index is 0.0466. The quantitative estimate of drug-likeness (QED) is 0.707. The molecule has 0 aliphatic heterocycles. The molecule has 14 heavy (non-hydrogen) atoms. The zero-order valence-corrected chi connectivity index (χ0v) is 8.96. The fraction of sp³-hybridized carbons (Fsp3) is 0.900. The summed E-state index contributed by atoms with van der Waals surface area (Å²) in [4.78, 5) is 13.3. The highest BCUT2D eigenvalue weighted by atomic mass is 16.2. The van der Waals surface area contributed by atoms with Crippen LogP contribution in [0.25, 0.3) is 0 Å². The topological polar surface area (TPSA) is 58.4 Å². The molecule has 0 unspecified atom stereocenters. The van der Waals surface area contributed by atoms with Crippen LogP contribution in [0.3, 0.4) is 0 Å². The SMILES string of the molecule is CN(CCCN)C(=O)NC1CCCC1. The fourth-order valence-electron chi connectivity index (χ4n) is 1.78. The van der Waals surface area contributed by atoms with Gasteiger partial charge in [0.1, 0.15) is 0 Å². The van der Waals surface area contributed by atoms with Gasteiger partial charge in [0, 0.05) is 19.6 Å². The fourth-order valence-corrected chi connectivity index (χ4v) is 1.78. The van der Waals surface area contributed by atoms with Crippen LogP contribution < -0.4 is 11.1 Å². The molecule has 1 aliphatic carbocycles. The highest BCUT2D eigenvalue weighted by Gasteiger charge is 2.18. The second kappa shape index (κ2) is 5.86. The van der Waals surface area contributed by atoms with E-state index in [0.29, 0.717) is 12.6 Å². The lowest BCUT2D eigenvalue weighted by Gasteiger charge is -2.20. The third-order valence-electron chi connectivity index (χ3n) is 2.73. The van der Waals surface area contributed by atoms with Crippen LogP contribution in [-0.4, -0.2) is 37.1 Å². The maximum atomic E-state index is 11.6. The summed E-state index contributed by atoms with van der Waals surface area (Å²) < 4.78 is 0. The third kappa shape index (κ3) is 3.54. The number of hydrogen-bond donors (Lipinski definition) is 2. The lowest BCUT2D eigenvalue weighted by atomic mass is 10.2. The van der Waals surface area contributed by atoms with E-state index in [4.69, 9.17) is 5.73 Å². The Kier molecular flexibility index (Phi) is 4.73. The molecule has 0 aromatic carbocycles. The van der Waals surface area contributed by atoms with Crippen molar-refractivity contribution >= 4 is 6.03 Å². The molecule has 0 bridgehead atoms. The second-order valence-corrected chi connectivity index (χ2v) is 3.99. The average molecular weight is 199 g/mol. The highest BCUT2D eigenvalue weighted by molar-refractivity contribution is 5.74. The number of rotatable bonds is 4. The van der Waals surface area contributed by atoms with E-state index in [2.05, 4.69) is 5.32 Å². The Morgan fingerprint density at radius 3 is 2.71 bits per heavy atom. The number of carbonyl (C=O) groups excluding carboxylic acids is 1. The average Bonchev–Trinajstić information content (AvgIpc) is 2.66. The van der Waals surface area contributed by atoms with Crippen molar-refractivity contribution in [3.8, 4) is 0 Å². The summed E-state index contributed by atoms with van der Waals surface area (Å²) in [7, 11) is 1.82. The van der Waals surface area contributed by atoms with E-state index in [1.807, 2.05) is 7.05 Å². The molecule has 0 aromatic heterocycles. The van der Waals surface area contributed by atoms with Gasteiger partial charge >= 0.3 is 6.03 Å². The predicted molar refractivity (Wildman–Crippen MR) is 57.1 cm³/mol. The Labute approximate surface area is 85.8 Å². The summed E-state index contributed by atoms with van der Waals surface area (Å²) in [5.41, 5.74) is 5.38. The molecular weight excluding hydrogens is 178 g/mol. The zero-order chi connectivity index (χ0) is 10.4. The van der Waals surface area contributed by atoms with Crippen molar-refractivity contribution < 1.29 is 4.79 Å². The Balaban J connectivity index is 2.18. The smallest absolute Gasteiger partial charge is 0.317 e. The molecule has 2 amide bonds. The van der Waals surface area contributed by atoms with Crippen LogP contribution in [0, 0.1) is 0 Å². The van der Waals surface area contributed by atoms with E-state index in [1.54, 1.807) is 4.90 Å². The van der Waals surface area contributed by atoms with Crippen LogP contribution in [0.1, 0.15) is 32.1 Å². The summed E-state index contributed by atoms with van der Waals surface area (Å²) >= 11 is 0. The summed E-state index contributed by atoms with van der Waals surface area (Å²) in [6, 6.07) is 0.452. The molecule has 0 aromatic rings. The molecule has 1 aliphatic rings. The molecule has 0 spiro atoms. The lowest BCUT2D eigenvalue weighted by Crippen LogP contribution is -2.42. The standard InChI is InChI=1S/C10H21N3O/c1-13(8-4-7-11)10(14)12-9-5-2-3-6-9/h9H,2-8,11H2,1H3,(H,12,14). The maximum Gasteiger partial charge on any atom is 0.317 e. The molecule has 0 atom stereocenters. The molecule has 0 saturated heterocycles. The van der Waals surface area contributed by atoms with Crippen LogP contribution in [0.4, 0.5) is 4.79 Å². The summed E-state index contributed by atoms with van der Waals surface area (Å²) in [6.45, 7) is 1.39. The van der Waals surface area contributed by atoms with Gasteiger partial charge in [-0.1, -0.05) is 12.8 Å². The van der Waals surface area contributed by atoms with Gasteiger partial charge in [-0.2, -0.15) is 0 Å². The van der Waals surface area contributed by atoms with Crippen molar-refractivity contribution in [1.82, 2.24) is 10.2 Å². The van der Waals surface area contributed by atoms with Crippen molar-refractivity contribution in [3.05, 3.63) is 0 Å². The molecule has 1 fully saturated rings. The first-order chi connectivity index (χ1) is 6.74. The molecular formula is C10H21N3O. The first kappa shape index (κ1) is 11.3. The van der Waals surface area contributed by atoms with Gasteiger partial charge in [-0.05, 0) is 25.8 Å². The Morgan fingerprint density at radius 2 is 2.14 bits per heavy atom. The Bertz CT molecular complexity index is 178. The Morgan fingerprint density at radius 1 is 1.50 bits per heavy atom. The van der Waals surface area contributed by atoms with Gasteiger partial charge in [0.15, 0.2) is 0 Å². The van der Waals surface area contributed by atoms with Gasteiger partial charge in [0.2, 0.25) is 0 Å².